The van der Waals surface area contributed by atoms with Gasteiger partial charge in [-0.3, -0.25) is 9.78 Å². The maximum atomic E-state index is 13.1. The molecule has 128 valence electrons. The molecule has 2 aromatic heterocycles. The number of H-pyrrole nitrogens is 1. The number of nitrogens with one attached hydrogen (secondary N) is 1. The summed E-state index contributed by atoms with van der Waals surface area (Å²) in [6, 6.07) is 11.6. The Morgan fingerprint density at radius 1 is 1.16 bits per heavy atom. The second-order valence-electron chi connectivity index (χ2n) is 5.99. The topological polar surface area (TPSA) is 61.9 Å². The lowest BCUT2D eigenvalue weighted by atomic mass is 10.1. The van der Waals surface area contributed by atoms with Crippen molar-refractivity contribution in [3.05, 3.63) is 72.4 Å². The van der Waals surface area contributed by atoms with Gasteiger partial charge in [-0.15, -0.1) is 0 Å². The predicted molar refractivity (Wildman–Crippen MR) is 97.9 cm³/mol. The minimum atomic E-state index is 0.0404. The van der Waals surface area contributed by atoms with E-state index < -0.39 is 0 Å². The molecule has 0 aliphatic carbocycles. The van der Waals surface area contributed by atoms with Crippen molar-refractivity contribution in [1.82, 2.24) is 19.9 Å². The molecular weight excluding hydrogens is 312 g/mol. The number of benzene rings is 1. The van der Waals surface area contributed by atoms with Crippen LogP contribution < -0.4 is 0 Å². The smallest absolute Gasteiger partial charge is 0.254 e. The lowest BCUT2D eigenvalue weighted by Crippen LogP contribution is -2.31. The van der Waals surface area contributed by atoms with Gasteiger partial charge in [0.25, 0.3) is 5.91 Å². The van der Waals surface area contributed by atoms with Crippen LogP contribution in [0.3, 0.4) is 0 Å². The third-order valence-corrected chi connectivity index (χ3v) is 4.08. The quantitative estimate of drug-likeness (QED) is 0.712. The summed E-state index contributed by atoms with van der Waals surface area (Å²) < 4.78 is 0. The van der Waals surface area contributed by atoms with Gasteiger partial charge in [0.15, 0.2) is 0 Å². The molecule has 3 aromatic rings. The van der Waals surface area contributed by atoms with Gasteiger partial charge in [-0.2, -0.15) is 0 Å². The van der Waals surface area contributed by atoms with E-state index in [1.807, 2.05) is 47.5 Å². The van der Waals surface area contributed by atoms with E-state index >= 15 is 0 Å². The summed E-state index contributed by atoms with van der Waals surface area (Å²) in [5.74, 6) is 0.0404. The number of unbranched alkanes of at least 4 members (excludes halogenated alkanes) is 1. The van der Waals surface area contributed by atoms with E-state index in [0.29, 0.717) is 12.1 Å². The van der Waals surface area contributed by atoms with Crippen LogP contribution in [0.2, 0.25) is 0 Å². The van der Waals surface area contributed by atoms with Crippen LogP contribution >= 0.6 is 0 Å². The van der Waals surface area contributed by atoms with Crippen molar-refractivity contribution < 1.29 is 4.79 Å². The van der Waals surface area contributed by atoms with E-state index in [4.69, 9.17) is 0 Å². The SMILES string of the molecule is CCCCN(Cc1cccnc1)C(=O)c1cccc(-c2cnc[nH]2)c1. The molecule has 3 rings (SSSR count). The molecule has 0 unspecified atom stereocenters. The first kappa shape index (κ1) is 16.9. The number of carbonyl (C=O) groups excluding carboxylic acids is 1. The van der Waals surface area contributed by atoms with Gasteiger partial charge in [-0.1, -0.05) is 31.5 Å². The van der Waals surface area contributed by atoms with Crippen molar-refractivity contribution >= 4 is 5.91 Å². The second-order valence-corrected chi connectivity index (χ2v) is 5.99. The standard InChI is InChI=1S/C20H22N4O/c1-2-3-10-24(14-16-6-5-9-21-12-16)20(25)18-8-4-7-17(11-18)19-13-22-15-23-19/h4-9,11-13,15H,2-3,10,14H2,1H3,(H,22,23). The van der Waals surface area contributed by atoms with Gasteiger partial charge < -0.3 is 9.88 Å². The van der Waals surface area contributed by atoms with E-state index in [0.717, 1.165) is 36.2 Å². The number of carbonyl (C=O) groups is 1. The number of aromatic amines is 1. The third kappa shape index (κ3) is 4.32. The average molecular weight is 334 g/mol. The van der Waals surface area contributed by atoms with Crippen molar-refractivity contribution in [2.45, 2.75) is 26.3 Å². The molecule has 1 N–H and O–H groups in total. The first-order valence-corrected chi connectivity index (χ1v) is 8.55. The molecule has 0 aliphatic heterocycles. The first-order chi connectivity index (χ1) is 12.3. The average Bonchev–Trinajstić information content (AvgIpc) is 3.20. The Hall–Kier alpha value is -2.95. The molecule has 5 nitrogen and oxygen atoms in total. The Kier molecular flexibility index (Phi) is 5.57. The van der Waals surface area contributed by atoms with Gasteiger partial charge in [0.05, 0.1) is 18.2 Å². The van der Waals surface area contributed by atoms with Crippen molar-refractivity contribution in [2.75, 3.05) is 6.54 Å². The highest BCUT2D eigenvalue weighted by molar-refractivity contribution is 5.95. The monoisotopic (exact) mass is 334 g/mol. The third-order valence-electron chi connectivity index (χ3n) is 4.08. The van der Waals surface area contributed by atoms with Crippen molar-refractivity contribution in [3.8, 4) is 11.3 Å². The molecule has 5 heteroatoms. The Bertz CT molecular complexity index is 800. The van der Waals surface area contributed by atoms with Crippen LogP contribution in [-0.4, -0.2) is 32.3 Å². The van der Waals surface area contributed by atoms with Crippen LogP contribution in [-0.2, 0) is 6.54 Å². The summed E-state index contributed by atoms with van der Waals surface area (Å²) in [5.41, 5.74) is 3.59. The molecule has 0 radical (unpaired) electrons. The van der Waals surface area contributed by atoms with Gasteiger partial charge in [-0.05, 0) is 30.2 Å². The normalized spacial score (nSPS) is 10.6. The van der Waals surface area contributed by atoms with Crippen molar-refractivity contribution in [1.29, 1.82) is 0 Å². The van der Waals surface area contributed by atoms with Crippen LogP contribution in [0.5, 0.6) is 0 Å². The van der Waals surface area contributed by atoms with E-state index in [1.165, 1.54) is 0 Å². The molecule has 0 aliphatic rings. The first-order valence-electron chi connectivity index (χ1n) is 8.55. The fourth-order valence-corrected chi connectivity index (χ4v) is 2.73. The van der Waals surface area contributed by atoms with Crippen LogP contribution in [0.1, 0.15) is 35.7 Å². The van der Waals surface area contributed by atoms with Gasteiger partial charge in [0.1, 0.15) is 0 Å². The Labute approximate surface area is 147 Å². The number of hydrogen-bond acceptors (Lipinski definition) is 3. The number of pyridine rings is 1. The highest BCUT2D eigenvalue weighted by atomic mass is 16.2. The second kappa shape index (κ2) is 8.24. The Morgan fingerprint density at radius 3 is 2.80 bits per heavy atom. The fourth-order valence-electron chi connectivity index (χ4n) is 2.73. The van der Waals surface area contributed by atoms with E-state index in [2.05, 4.69) is 21.9 Å². The van der Waals surface area contributed by atoms with E-state index in [9.17, 15) is 4.79 Å². The highest BCUT2D eigenvalue weighted by Gasteiger charge is 2.16. The number of rotatable bonds is 7. The number of hydrogen-bond donors (Lipinski definition) is 1. The predicted octanol–water partition coefficient (Wildman–Crippen LogP) is 3.91. The molecule has 0 saturated heterocycles. The molecule has 0 fully saturated rings. The molecule has 0 spiro atoms. The molecule has 2 heterocycles. The minimum absolute atomic E-state index is 0.0404. The summed E-state index contributed by atoms with van der Waals surface area (Å²) in [6.45, 7) is 3.44. The highest BCUT2D eigenvalue weighted by Crippen LogP contribution is 2.19. The van der Waals surface area contributed by atoms with Crippen molar-refractivity contribution in [2.24, 2.45) is 0 Å². The van der Waals surface area contributed by atoms with Crippen LogP contribution in [0.4, 0.5) is 0 Å². The van der Waals surface area contributed by atoms with E-state index in [-0.39, 0.29) is 5.91 Å². The maximum absolute atomic E-state index is 13.1. The molecule has 1 amide bonds. The molecule has 0 bridgehead atoms. The minimum Gasteiger partial charge on any atom is -0.345 e. The summed E-state index contributed by atoms with van der Waals surface area (Å²) in [5, 5.41) is 0. The summed E-state index contributed by atoms with van der Waals surface area (Å²) in [6.07, 6.45) is 8.98. The lowest BCUT2D eigenvalue weighted by molar-refractivity contribution is 0.0740. The zero-order valence-corrected chi connectivity index (χ0v) is 14.4. The van der Waals surface area contributed by atoms with E-state index in [1.54, 1.807) is 18.7 Å². The molecule has 25 heavy (non-hydrogen) atoms. The van der Waals surface area contributed by atoms with Gasteiger partial charge in [0, 0.05) is 36.6 Å². The number of amides is 1. The fraction of sp³-hybridized carbons (Fsp3) is 0.250. The zero-order valence-electron chi connectivity index (χ0n) is 14.4. The number of nitrogens with zero attached hydrogens (tertiary/aromatic N) is 3. The summed E-state index contributed by atoms with van der Waals surface area (Å²) >= 11 is 0. The lowest BCUT2D eigenvalue weighted by Gasteiger charge is -2.23. The van der Waals surface area contributed by atoms with Crippen LogP contribution in [0, 0.1) is 0 Å². The maximum Gasteiger partial charge on any atom is 0.254 e. The van der Waals surface area contributed by atoms with Gasteiger partial charge in [-0.25, -0.2) is 4.98 Å². The van der Waals surface area contributed by atoms with Gasteiger partial charge >= 0.3 is 0 Å². The Balaban J connectivity index is 1.83. The van der Waals surface area contributed by atoms with Crippen LogP contribution in [0.15, 0.2) is 61.3 Å². The summed E-state index contributed by atoms with van der Waals surface area (Å²) in [4.78, 5) is 26.2. The molecular formula is C20H22N4O. The van der Waals surface area contributed by atoms with Crippen LogP contribution in [0.25, 0.3) is 11.3 Å². The zero-order chi connectivity index (χ0) is 17.5. The Morgan fingerprint density at radius 2 is 2.08 bits per heavy atom. The molecule has 1 aromatic carbocycles. The van der Waals surface area contributed by atoms with Gasteiger partial charge in [0.2, 0.25) is 0 Å². The number of aromatic nitrogens is 3. The molecule has 0 atom stereocenters. The number of imidazole rings is 1. The molecule has 0 saturated carbocycles. The van der Waals surface area contributed by atoms with Crippen molar-refractivity contribution in [3.63, 3.8) is 0 Å². The largest absolute Gasteiger partial charge is 0.345 e. The summed E-state index contributed by atoms with van der Waals surface area (Å²) in [7, 11) is 0.